The number of carbonyl (C=O) groups excluding carboxylic acids is 4. The molecule has 0 rings (SSSR count). The number of ether oxygens (including phenoxy) is 4. The van der Waals surface area contributed by atoms with E-state index in [4.69, 9.17) is 37.0 Å². The van der Waals surface area contributed by atoms with Crippen molar-refractivity contribution in [2.24, 2.45) is 23.7 Å². The highest BCUT2D eigenvalue weighted by Gasteiger charge is 2.30. The lowest BCUT2D eigenvalue weighted by molar-refractivity contribution is -0.161. The molecule has 19 heteroatoms. The van der Waals surface area contributed by atoms with Gasteiger partial charge in [-0.2, -0.15) is 0 Å². The molecule has 3 N–H and O–H groups in total. The van der Waals surface area contributed by atoms with Crippen LogP contribution in [0.25, 0.3) is 0 Å². The van der Waals surface area contributed by atoms with Crippen LogP contribution >= 0.6 is 15.6 Å². The number of phosphoric acid groups is 2. The van der Waals surface area contributed by atoms with Gasteiger partial charge in [-0.15, -0.1) is 0 Å². The molecule has 0 saturated heterocycles. The van der Waals surface area contributed by atoms with Crippen molar-refractivity contribution in [2.75, 3.05) is 39.6 Å². The van der Waals surface area contributed by atoms with Gasteiger partial charge in [0.15, 0.2) is 12.2 Å². The fourth-order valence-corrected chi connectivity index (χ4v) is 11.9. The molecular weight excluding hydrogens is 1160 g/mol. The van der Waals surface area contributed by atoms with Crippen molar-refractivity contribution in [1.29, 1.82) is 0 Å². The van der Waals surface area contributed by atoms with Gasteiger partial charge < -0.3 is 33.8 Å². The summed E-state index contributed by atoms with van der Waals surface area (Å²) in [5.41, 5.74) is 0. The van der Waals surface area contributed by atoms with Crippen LogP contribution < -0.4 is 0 Å². The second-order valence-corrected chi connectivity index (χ2v) is 29.5. The third kappa shape index (κ3) is 61.6. The molecule has 0 bridgehead atoms. The maximum Gasteiger partial charge on any atom is 0.472 e. The molecule has 0 aromatic carbocycles. The van der Waals surface area contributed by atoms with Crippen LogP contribution in [0.4, 0.5) is 0 Å². The summed E-state index contributed by atoms with van der Waals surface area (Å²) in [4.78, 5) is 72.5. The molecule has 0 saturated carbocycles. The molecule has 4 unspecified atom stereocenters. The van der Waals surface area contributed by atoms with E-state index in [1.54, 1.807) is 0 Å². The Bertz CT molecular complexity index is 1750. The van der Waals surface area contributed by atoms with Crippen LogP contribution in [0.5, 0.6) is 0 Å². The summed E-state index contributed by atoms with van der Waals surface area (Å²) in [6.45, 7) is 14.1. The van der Waals surface area contributed by atoms with Crippen molar-refractivity contribution in [2.45, 2.75) is 356 Å². The van der Waals surface area contributed by atoms with E-state index < -0.39 is 97.5 Å². The predicted octanol–water partition coefficient (Wildman–Crippen LogP) is 19.3. The summed E-state index contributed by atoms with van der Waals surface area (Å²) in [6.07, 6.45) is 40.3. The van der Waals surface area contributed by atoms with Gasteiger partial charge in [-0.3, -0.25) is 37.3 Å². The molecule has 0 fully saturated rings. The molecule has 6 atom stereocenters. The van der Waals surface area contributed by atoms with Gasteiger partial charge in [-0.05, 0) is 49.4 Å². The molecular formula is C69H134O17P2. The van der Waals surface area contributed by atoms with Crippen molar-refractivity contribution in [3.05, 3.63) is 0 Å². The van der Waals surface area contributed by atoms with E-state index in [1.165, 1.54) is 141 Å². The van der Waals surface area contributed by atoms with E-state index in [1.807, 2.05) is 0 Å². The van der Waals surface area contributed by atoms with Crippen LogP contribution in [0, 0.1) is 23.7 Å². The van der Waals surface area contributed by atoms with Crippen LogP contribution in [0.3, 0.4) is 0 Å². The Balaban J connectivity index is 5.27. The number of esters is 4. The Kier molecular flexibility index (Phi) is 57.6. The zero-order valence-electron chi connectivity index (χ0n) is 57.3. The summed E-state index contributed by atoms with van der Waals surface area (Å²) >= 11 is 0. The first-order valence-electron chi connectivity index (χ1n) is 35.7. The van der Waals surface area contributed by atoms with Crippen molar-refractivity contribution in [1.82, 2.24) is 0 Å². The number of aliphatic hydroxyl groups excluding tert-OH is 1. The summed E-state index contributed by atoms with van der Waals surface area (Å²) in [5, 5.41) is 10.6. The number of phosphoric ester groups is 2. The number of hydrogen-bond acceptors (Lipinski definition) is 15. The molecule has 0 amide bonds. The number of hydrogen-bond donors (Lipinski definition) is 3. The highest BCUT2D eigenvalue weighted by atomic mass is 31.2. The molecule has 0 aliphatic rings. The minimum atomic E-state index is -4.95. The Morgan fingerprint density at radius 2 is 0.545 bits per heavy atom. The molecule has 0 spiro atoms. The molecule has 0 radical (unpaired) electrons. The first-order chi connectivity index (χ1) is 42.1. The molecule has 0 aromatic rings. The molecule has 0 heterocycles. The van der Waals surface area contributed by atoms with Gasteiger partial charge in [-0.25, -0.2) is 9.13 Å². The van der Waals surface area contributed by atoms with Crippen molar-refractivity contribution < 1.29 is 80.2 Å². The molecule has 522 valence electrons. The zero-order valence-corrected chi connectivity index (χ0v) is 59.1. The monoisotopic (exact) mass is 1300 g/mol. The Morgan fingerprint density at radius 1 is 0.318 bits per heavy atom. The van der Waals surface area contributed by atoms with E-state index in [0.29, 0.717) is 25.7 Å². The molecule has 0 aliphatic carbocycles. The predicted molar refractivity (Wildman–Crippen MR) is 354 cm³/mol. The van der Waals surface area contributed by atoms with E-state index in [-0.39, 0.29) is 25.7 Å². The minimum absolute atomic E-state index is 0.103. The summed E-state index contributed by atoms with van der Waals surface area (Å²) in [7, 11) is -9.90. The van der Waals surface area contributed by atoms with Crippen LogP contribution in [-0.4, -0.2) is 96.7 Å². The van der Waals surface area contributed by atoms with E-state index >= 15 is 0 Å². The average Bonchev–Trinajstić information content (AvgIpc) is 3.70. The van der Waals surface area contributed by atoms with E-state index in [0.717, 1.165) is 114 Å². The third-order valence-corrected chi connectivity index (χ3v) is 18.1. The quantitative estimate of drug-likeness (QED) is 0.0222. The fraction of sp³-hybridized carbons (Fsp3) is 0.942. The molecule has 0 aliphatic heterocycles. The van der Waals surface area contributed by atoms with E-state index in [2.05, 4.69) is 55.4 Å². The van der Waals surface area contributed by atoms with Crippen molar-refractivity contribution in [3.8, 4) is 0 Å². The topological polar surface area (TPSA) is 237 Å². The maximum absolute atomic E-state index is 13.0. The second-order valence-electron chi connectivity index (χ2n) is 26.6. The Hall–Kier alpha value is -1.94. The Morgan fingerprint density at radius 3 is 0.807 bits per heavy atom. The van der Waals surface area contributed by atoms with Gasteiger partial charge in [-0.1, -0.05) is 287 Å². The van der Waals surface area contributed by atoms with Crippen LogP contribution in [0.15, 0.2) is 0 Å². The van der Waals surface area contributed by atoms with Gasteiger partial charge in [0.1, 0.15) is 19.3 Å². The second kappa shape index (κ2) is 58.8. The molecule has 17 nitrogen and oxygen atoms in total. The lowest BCUT2D eigenvalue weighted by Crippen LogP contribution is -2.30. The molecule has 88 heavy (non-hydrogen) atoms. The van der Waals surface area contributed by atoms with E-state index in [9.17, 15) is 43.2 Å². The van der Waals surface area contributed by atoms with Gasteiger partial charge >= 0.3 is 39.5 Å². The number of rotatable bonds is 66. The highest BCUT2D eigenvalue weighted by Crippen LogP contribution is 2.45. The normalized spacial score (nSPS) is 14.6. The lowest BCUT2D eigenvalue weighted by Gasteiger charge is -2.21. The maximum atomic E-state index is 13.0. The largest absolute Gasteiger partial charge is 0.472 e. The SMILES string of the molecule is CCC(C)CCCCCCCCCCC(=O)OC[C@H](COP(=O)(O)OCC(O)COP(=O)(O)OC[C@@H](COC(=O)CCCCCCCCCCC(C)C)OC(=O)CCCCCCCCCCCCCC(C)C)OC(=O)CCCCCCCCCCC(C)C. The van der Waals surface area contributed by atoms with Gasteiger partial charge in [0, 0.05) is 25.7 Å². The lowest BCUT2D eigenvalue weighted by atomic mass is 9.99. The summed E-state index contributed by atoms with van der Waals surface area (Å²) in [5.74, 6) is 0.855. The number of unbranched alkanes of at least 4 members (excludes halogenated alkanes) is 31. The van der Waals surface area contributed by atoms with Gasteiger partial charge in [0.05, 0.1) is 26.4 Å². The summed E-state index contributed by atoms with van der Waals surface area (Å²) in [6, 6.07) is 0. The number of aliphatic hydroxyl groups is 1. The first-order valence-corrected chi connectivity index (χ1v) is 38.7. The smallest absolute Gasteiger partial charge is 0.462 e. The molecule has 0 aromatic heterocycles. The average molecular weight is 1300 g/mol. The van der Waals surface area contributed by atoms with Crippen LogP contribution in [0.2, 0.25) is 0 Å². The fourth-order valence-electron chi connectivity index (χ4n) is 10.3. The third-order valence-electron chi connectivity index (χ3n) is 16.2. The standard InChI is InChI=1S/C69H134O17P2/c1-9-62(8)48-40-32-24-17-20-26-34-42-50-67(72)80-56-65(86-69(74)52-44-36-28-19-16-23-31-39-47-61(6)7)58-84-88(77,78)82-54-63(70)53-81-87(75,76)83-57-64(55-79-66(71)49-41-33-25-18-15-22-30-38-46-60(4)5)85-68(73)51-43-35-27-14-12-10-11-13-21-29-37-45-59(2)3/h59-65,70H,9-58H2,1-8H3,(H,75,76)(H,77,78)/t62?,63?,64-,65-/m1/s1. The highest BCUT2D eigenvalue weighted by molar-refractivity contribution is 7.47. The Labute approximate surface area is 537 Å². The van der Waals surface area contributed by atoms with Crippen molar-refractivity contribution >= 4 is 39.5 Å². The van der Waals surface area contributed by atoms with Gasteiger partial charge in [0.25, 0.3) is 0 Å². The minimum Gasteiger partial charge on any atom is -0.462 e. The number of carbonyl (C=O) groups is 4. The van der Waals surface area contributed by atoms with Crippen LogP contribution in [0.1, 0.15) is 338 Å². The zero-order chi connectivity index (χ0) is 65.4. The van der Waals surface area contributed by atoms with Crippen LogP contribution in [-0.2, 0) is 65.4 Å². The first kappa shape index (κ1) is 86.1. The van der Waals surface area contributed by atoms with Crippen molar-refractivity contribution in [3.63, 3.8) is 0 Å². The van der Waals surface area contributed by atoms with Gasteiger partial charge in [0.2, 0.25) is 0 Å². The summed E-state index contributed by atoms with van der Waals surface area (Å²) < 4.78 is 68.2.